The number of ether oxygens (including phenoxy) is 1. The van der Waals surface area contributed by atoms with E-state index in [0.29, 0.717) is 24.0 Å². The molecular formula is C13H26O. The van der Waals surface area contributed by atoms with E-state index in [1.54, 1.807) is 0 Å². The zero-order chi connectivity index (χ0) is 11.1. The van der Waals surface area contributed by atoms with Crippen molar-refractivity contribution in [2.75, 3.05) is 0 Å². The second kappa shape index (κ2) is 3.84. The maximum absolute atomic E-state index is 6.15. The molecular weight excluding hydrogens is 172 g/mol. The molecule has 0 aromatic rings. The fraction of sp³-hybridized carbons (Fsp3) is 1.00. The standard InChI is InChI=1S/C13H26O/c1-8-9(2)11(4)14-12(10(8)3)13(5,6)7/h8-12H,1-7H3/t8?,9-,10?,11?,12-/m1/s1. The van der Waals surface area contributed by atoms with Crippen LogP contribution in [0.25, 0.3) is 0 Å². The lowest BCUT2D eigenvalue weighted by Gasteiger charge is -2.47. The molecule has 0 bridgehead atoms. The van der Waals surface area contributed by atoms with Crippen molar-refractivity contribution in [1.29, 1.82) is 0 Å². The normalized spacial score (nSPS) is 45.2. The minimum Gasteiger partial charge on any atom is -0.374 e. The van der Waals surface area contributed by atoms with Crippen LogP contribution in [0.2, 0.25) is 0 Å². The molecule has 1 rings (SSSR count). The third kappa shape index (κ3) is 2.13. The van der Waals surface area contributed by atoms with E-state index in [0.717, 1.165) is 5.92 Å². The second-order valence-electron chi connectivity index (χ2n) is 6.21. The lowest BCUT2D eigenvalue weighted by molar-refractivity contribution is -0.163. The van der Waals surface area contributed by atoms with Crippen LogP contribution in [0.4, 0.5) is 0 Å². The molecule has 0 aliphatic carbocycles. The van der Waals surface area contributed by atoms with E-state index in [9.17, 15) is 0 Å². The first-order valence-corrected chi connectivity index (χ1v) is 5.90. The molecule has 5 atom stereocenters. The average Bonchev–Trinajstić information content (AvgIpc) is 2.06. The van der Waals surface area contributed by atoms with Crippen molar-refractivity contribution in [1.82, 2.24) is 0 Å². The first kappa shape index (κ1) is 12.0. The van der Waals surface area contributed by atoms with E-state index in [2.05, 4.69) is 48.5 Å². The quantitative estimate of drug-likeness (QED) is 0.576. The van der Waals surface area contributed by atoms with Crippen LogP contribution in [0.3, 0.4) is 0 Å². The number of rotatable bonds is 0. The Morgan fingerprint density at radius 1 is 0.786 bits per heavy atom. The maximum Gasteiger partial charge on any atom is 0.0655 e. The fourth-order valence-corrected chi connectivity index (χ4v) is 2.65. The highest BCUT2D eigenvalue weighted by Gasteiger charge is 2.42. The summed E-state index contributed by atoms with van der Waals surface area (Å²) in [6.07, 6.45) is 0.814. The van der Waals surface area contributed by atoms with Crippen LogP contribution in [0.15, 0.2) is 0 Å². The lowest BCUT2D eigenvalue weighted by atomic mass is 9.70. The summed E-state index contributed by atoms with van der Waals surface area (Å²) >= 11 is 0. The Morgan fingerprint density at radius 3 is 1.71 bits per heavy atom. The molecule has 1 heteroatoms. The predicted octanol–water partition coefficient (Wildman–Crippen LogP) is 3.73. The van der Waals surface area contributed by atoms with E-state index in [1.165, 1.54) is 0 Å². The molecule has 1 aliphatic rings. The Balaban J connectivity index is 2.81. The van der Waals surface area contributed by atoms with E-state index in [1.807, 2.05) is 0 Å². The average molecular weight is 198 g/mol. The van der Waals surface area contributed by atoms with Gasteiger partial charge in [-0.3, -0.25) is 0 Å². The summed E-state index contributed by atoms with van der Waals surface area (Å²) in [5.74, 6) is 2.12. The summed E-state index contributed by atoms with van der Waals surface area (Å²) in [4.78, 5) is 0. The van der Waals surface area contributed by atoms with Gasteiger partial charge in [-0.15, -0.1) is 0 Å². The van der Waals surface area contributed by atoms with Gasteiger partial charge in [-0.2, -0.15) is 0 Å². The summed E-state index contributed by atoms with van der Waals surface area (Å²) in [6.45, 7) is 16.1. The monoisotopic (exact) mass is 198 g/mol. The van der Waals surface area contributed by atoms with Crippen LogP contribution in [0, 0.1) is 23.2 Å². The summed E-state index contributed by atoms with van der Waals surface area (Å²) in [7, 11) is 0. The van der Waals surface area contributed by atoms with Gasteiger partial charge in [0, 0.05) is 0 Å². The van der Waals surface area contributed by atoms with E-state index in [-0.39, 0.29) is 5.41 Å². The van der Waals surface area contributed by atoms with Crippen molar-refractivity contribution in [3.63, 3.8) is 0 Å². The molecule has 0 saturated carbocycles. The molecule has 1 heterocycles. The smallest absolute Gasteiger partial charge is 0.0655 e. The highest BCUT2D eigenvalue weighted by Crippen LogP contribution is 2.41. The molecule has 0 radical (unpaired) electrons. The zero-order valence-corrected chi connectivity index (χ0v) is 10.8. The molecule has 1 nitrogen and oxygen atoms in total. The van der Waals surface area contributed by atoms with Crippen molar-refractivity contribution in [2.45, 2.75) is 60.7 Å². The summed E-state index contributed by atoms with van der Waals surface area (Å²) in [6, 6.07) is 0. The summed E-state index contributed by atoms with van der Waals surface area (Å²) < 4.78 is 6.15. The highest BCUT2D eigenvalue weighted by molar-refractivity contribution is 4.89. The van der Waals surface area contributed by atoms with E-state index < -0.39 is 0 Å². The van der Waals surface area contributed by atoms with Gasteiger partial charge in [0.05, 0.1) is 12.2 Å². The van der Waals surface area contributed by atoms with Crippen molar-refractivity contribution in [3.05, 3.63) is 0 Å². The van der Waals surface area contributed by atoms with Gasteiger partial charge < -0.3 is 4.74 Å². The van der Waals surface area contributed by atoms with Gasteiger partial charge in [-0.1, -0.05) is 41.5 Å². The van der Waals surface area contributed by atoms with E-state index >= 15 is 0 Å². The van der Waals surface area contributed by atoms with E-state index in [4.69, 9.17) is 4.74 Å². The molecule has 0 aromatic heterocycles. The van der Waals surface area contributed by atoms with Crippen LogP contribution in [0.5, 0.6) is 0 Å². The summed E-state index contributed by atoms with van der Waals surface area (Å²) in [5.41, 5.74) is 0.266. The molecule has 0 spiro atoms. The van der Waals surface area contributed by atoms with Gasteiger partial charge in [-0.05, 0) is 30.1 Å². The topological polar surface area (TPSA) is 9.23 Å². The van der Waals surface area contributed by atoms with Gasteiger partial charge in [0.15, 0.2) is 0 Å². The molecule has 0 N–H and O–H groups in total. The summed E-state index contributed by atoms with van der Waals surface area (Å²) in [5, 5.41) is 0. The van der Waals surface area contributed by atoms with Crippen LogP contribution in [0.1, 0.15) is 48.5 Å². The van der Waals surface area contributed by atoms with Crippen molar-refractivity contribution < 1.29 is 4.74 Å². The molecule has 3 unspecified atom stereocenters. The van der Waals surface area contributed by atoms with Crippen LogP contribution < -0.4 is 0 Å². The minimum absolute atomic E-state index is 0.266. The van der Waals surface area contributed by atoms with Crippen LogP contribution >= 0.6 is 0 Å². The Hall–Kier alpha value is -0.0400. The van der Waals surface area contributed by atoms with Crippen LogP contribution in [-0.4, -0.2) is 12.2 Å². The molecule has 1 saturated heterocycles. The Labute approximate surface area is 89.2 Å². The highest BCUT2D eigenvalue weighted by atomic mass is 16.5. The van der Waals surface area contributed by atoms with Crippen molar-refractivity contribution in [3.8, 4) is 0 Å². The SMILES string of the molecule is CC1O[C@@H](C(C)(C)C)C(C)C(C)[C@H]1C. The van der Waals surface area contributed by atoms with Gasteiger partial charge in [-0.25, -0.2) is 0 Å². The third-order valence-corrected chi connectivity index (χ3v) is 4.09. The van der Waals surface area contributed by atoms with Crippen LogP contribution in [-0.2, 0) is 4.74 Å². The maximum atomic E-state index is 6.15. The number of hydrogen-bond donors (Lipinski definition) is 0. The minimum atomic E-state index is 0.266. The van der Waals surface area contributed by atoms with Gasteiger partial charge in [0.2, 0.25) is 0 Å². The lowest BCUT2D eigenvalue weighted by Crippen LogP contribution is -2.48. The molecule has 14 heavy (non-hydrogen) atoms. The molecule has 1 fully saturated rings. The number of hydrogen-bond acceptors (Lipinski definition) is 1. The zero-order valence-electron chi connectivity index (χ0n) is 10.8. The van der Waals surface area contributed by atoms with Crippen molar-refractivity contribution >= 4 is 0 Å². The molecule has 84 valence electrons. The Bertz CT molecular complexity index is 192. The van der Waals surface area contributed by atoms with Gasteiger partial charge in [0.1, 0.15) is 0 Å². The third-order valence-electron chi connectivity index (χ3n) is 4.09. The largest absolute Gasteiger partial charge is 0.374 e. The first-order valence-electron chi connectivity index (χ1n) is 5.90. The second-order valence-corrected chi connectivity index (χ2v) is 6.21. The fourth-order valence-electron chi connectivity index (χ4n) is 2.65. The molecule has 0 amide bonds. The predicted molar refractivity (Wildman–Crippen MR) is 61.3 cm³/mol. The van der Waals surface area contributed by atoms with Crippen molar-refractivity contribution in [2.24, 2.45) is 23.2 Å². The van der Waals surface area contributed by atoms with Gasteiger partial charge in [0.25, 0.3) is 0 Å². The Morgan fingerprint density at radius 2 is 1.29 bits per heavy atom. The van der Waals surface area contributed by atoms with Gasteiger partial charge >= 0.3 is 0 Å². The Kier molecular flexibility index (Phi) is 3.30. The first-order chi connectivity index (χ1) is 6.25. The molecule has 0 aromatic carbocycles. The molecule has 1 aliphatic heterocycles.